The van der Waals surface area contributed by atoms with Crippen molar-refractivity contribution in [3.63, 3.8) is 0 Å². The first-order valence-electron chi connectivity index (χ1n) is 12.4. The summed E-state index contributed by atoms with van der Waals surface area (Å²) in [4.78, 5) is 35.6. The van der Waals surface area contributed by atoms with Gasteiger partial charge in [-0.3, -0.25) is 14.3 Å². The number of aromatic nitrogens is 3. The number of hydrogen-bond acceptors (Lipinski definition) is 8. The van der Waals surface area contributed by atoms with Crippen LogP contribution in [-0.2, 0) is 13.1 Å². The molecular formula is C29H23ClFN5O4S. The van der Waals surface area contributed by atoms with Crippen LogP contribution < -0.4 is 10.3 Å². The Labute approximate surface area is 242 Å². The molecule has 0 unspecified atom stereocenters. The summed E-state index contributed by atoms with van der Waals surface area (Å²) in [6.07, 6.45) is 1.53. The fourth-order valence-electron chi connectivity index (χ4n) is 4.73. The van der Waals surface area contributed by atoms with Gasteiger partial charge in [0, 0.05) is 39.8 Å². The first-order chi connectivity index (χ1) is 19.6. The van der Waals surface area contributed by atoms with E-state index in [0.29, 0.717) is 37.9 Å². The molecular weight excluding hydrogens is 569 g/mol. The maximum absolute atomic E-state index is 15.1. The van der Waals surface area contributed by atoms with E-state index in [1.807, 2.05) is 6.07 Å². The Kier molecular flexibility index (Phi) is 7.73. The molecule has 0 spiro atoms. The second kappa shape index (κ2) is 11.2. The molecule has 0 aliphatic carbocycles. The number of benzene rings is 2. The van der Waals surface area contributed by atoms with Crippen molar-refractivity contribution in [2.75, 3.05) is 20.7 Å². The Morgan fingerprint density at radius 2 is 2.05 bits per heavy atom. The first kappa shape index (κ1) is 28.2. The van der Waals surface area contributed by atoms with Crippen LogP contribution in [-0.4, -0.2) is 51.2 Å². The van der Waals surface area contributed by atoms with Gasteiger partial charge in [0.1, 0.15) is 35.6 Å². The fraction of sp³-hybridized carbons (Fsp3) is 0.207. The van der Waals surface area contributed by atoms with Crippen molar-refractivity contribution in [1.29, 1.82) is 5.26 Å². The standard InChI is InChI=1S/C29H23ClFN5O4S/c1-15-34-22-10-16(13-35(2)3)25(31)20(12-32)24(22)28(37)36(15)8-9-40-23-5-4-17(30)11-19(23)18-6-7-33-26-21(29(38)39)14-41-27(18)26/h4-7,10-11,14H,8-9,13H2,1-3H3,(H,38,39). The smallest absolute Gasteiger partial charge is 0.338 e. The van der Waals surface area contributed by atoms with Crippen molar-refractivity contribution in [1.82, 2.24) is 19.4 Å². The van der Waals surface area contributed by atoms with Crippen molar-refractivity contribution in [3.8, 4) is 22.9 Å². The van der Waals surface area contributed by atoms with Gasteiger partial charge in [-0.2, -0.15) is 5.26 Å². The number of halogens is 2. The van der Waals surface area contributed by atoms with Gasteiger partial charge < -0.3 is 14.7 Å². The Morgan fingerprint density at radius 1 is 1.27 bits per heavy atom. The lowest BCUT2D eigenvalue weighted by Gasteiger charge is -2.16. The Morgan fingerprint density at radius 3 is 2.76 bits per heavy atom. The summed E-state index contributed by atoms with van der Waals surface area (Å²) < 4.78 is 23.3. The van der Waals surface area contributed by atoms with E-state index in [0.717, 1.165) is 0 Å². The van der Waals surface area contributed by atoms with Crippen LogP contribution in [0.15, 0.2) is 46.7 Å². The van der Waals surface area contributed by atoms with Gasteiger partial charge in [0.25, 0.3) is 5.56 Å². The average molecular weight is 592 g/mol. The number of nitrogens with zero attached hydrogens (tertiary/aromatic N) is 5. The Balaban J connectivity index is 1.49. The second-order valence-corrected chi connectivity index (χ2v) is 10.9. The number of aromatic carboxylic acids is 1. The average Bonchev–Trinajstić information content (AvgIpc) is 3.37. The lowest BCUT2D eigenvalue weighted by molar-refractivity contribution is 0.0699. The molecule has 0 saturated carbocycles. The SMILES string of the molecule is Cc1nc2cc(CN(C)C)c(F)c(C#N)c2c(=O)n1CCOc1ccc(Cl)cc1-c1ccnc2c(C(=O)O)csc12. The van der Waals surface area contributed by atoms with Gasteiger partial charge in [0.05, 0.1) is 33.2 Å². The molecule has 3 aromatic heterocycles. The maximum atomic E-state index is 15.1. The molecule has 0 saturated heterocycles. The van der Waals surface area contributed by atoms with Gasteiger partial charge >= 0.3 is 5.97 Å². The number of carbonyl (C=O) groups is 1. The normalized spacial score (nSPS) is 11.3. The van der Waals surface area contributed by atoms with Crippen LogP contribution in [0, 0.1) is 24.1 Å². The summed E-state index contributed by atoms with van der Waals surface area (Å²) in [5, 5.41) is 21.1. The minimum atomic E-state index is -1.07. The zero-order chi connectivity index (χ0) is 29.4. The lowest BCUT2D eigenvalue weighted by Crippen LogP contribution is -2.27. The van der Waals surface area contributed by atoms with Crippen molar-refractivity contribution in [3.05, 3.63) is 85.6 Å². The minimum Gasteiger partial charge on any atom is -0.491 e. The summed E-state index contributed by atoms with van der Waals surface area (Å²) in [6, 6.07) is 10.2. The van der Waals surface area contributed by atoms with Gasteiger partial charge in [-0.05, 0) is 51.4 Å². The molecule has 0 fully saturated rings. The van der Waals surface area contributed by atoms with Crippen LogP contribution in [0.5, 0.6) is 5.75 Å². The number of nitriles is 1. The summed E-state index contributed by atoms with van der Waals surface area (Å²) in [6.45, 7) is 2.05. The molecule has 208 valence electrons. The van der Waals surface area contributed by atoms with E-state index in [1.165, 1.54) is 33.5 Å². The highest BCUT2D eigenvalue weighted by Gasteiger charge is 2.21. The largest absolute Gasteiger partial charge is 0.491 e. The molecule has 0 bridgehead atoms. The highest BCUT2D eigenvalue weighted by atomic mass is 35.5. The molecule has 5 aromatic rings. The molecule has 3 heterocycles. The van der Waals surface area contributed by atoms with Crippen LogP contribution in [0.25, 0.3) is 32.2 Å². The van der Waals surface area contributed by atoms with Crippen LogP contribution in [0.1, 0.15) is 27.3 Å². The monoisotopic (exact) mass is 591 g/mol. The number of aryl methyl sites for hydroxylation is 1. The molecule has 0 atom stereocenters. The predicted molar refractivity (Wildman–Crippen MR) is 155 cm³/mol. The fourth-order valence-corrected chi connectivity index (χ4v) is 5.93. The van der Waals surface area contributed by atoms with Crippen molar-refractivity contribution < 1.29 is 19.0 Å². The van der Waals surface area contributed by atoms with Crippen molar-refractivity contribution >= 4 is 50.0 Å². The van der Waals surface area contributed by atoms with Gasteiger partial charge in [-0.1, -0.05) is 11.6 Å². The number of ether oxygens (including phenoxy) is 1. The molecule has 5 rings (SSSR count). The van der Waals surface area contributed by atoms with Gasteiger partial charge in [0.2, 0.25) is 0 Å². The number of carboxylic acids is 1. The summed E-state index contributed by atoms with van der Waals surface area (Å²) in [5.74, 6) is -0.942. The zero-order valence-corrected chi connectivity index (χ0v) is 23.8. The number of hydrogen-bond donors (Lipinski definition) is 1. The van der Waals surface area contributed by atoms with E-state index in [1.54, 1.807) is 50.2 Å². The summed E-state index contributed by atoms with van der Waals surface area (Å²) in [5.41, 5.74) is 1.49. The van der Waals surface area contributed by atoms with E-state index < -0.39 is 17.3 Å². The molecule has 12 heteroatoms. The van der Waals surface area contributed by atoms with Gasteiger partial charge in [-0.25, -0.2) is 14.2 Å². The van der Waals surface area contributed by atoms with E-state index in [4.69, 9.17) is 16.3 Å². The number of fused-ring (bicyclic) bond motifs is 2. The summed E-state index contributed by atoms with van der Waals surface area (Å²) >= 11 is 7.56. The van der Waals surface area contributed by atoms with Crippen molar-refractivity contribution in [2.24, 2.45) is 0 Å². The van der Waals surface area contributed by atoms with Crippen LogP contribution in [0.2, 0.25) is 5.02 Å². The van der Waals surface area contributed by atoms with Gasteiger partial charge in [-0.15, -0.1) is 11.3 Å². The lowest BCUT2D eigenvalue weighted by atomic mass is 10.0. The highest BCUT2D eigenvalue weighted by molar-refractivity contribution is 7.18. The number of rotatable bonds is 8. The van der Waals surface area contributed by atoms with Gasteiger partial charge in [0.15, 0.2) is 0 Å². The third-order valence-corrected chi connectivity index (χ3v) is 7.78. The van der Waals surface area contributed by atoms with Crippen molar-refractivity contribution in [2.45, 2.75) is 20.0 Å². The minimum absolute atomic E-state index is 0.0463. The maximum Gasteiger partial charge on any atom is 0.338 e. The quantitative estimate of drug-likeness (QED) is 0.252. The Bertz CT molecular complexity index is 1950. The topological polar surface area (TPSA) is 121 Å². The summed E-state index contributed by atoms with van der Waals surface area (Å²) in [7, 11) is 3.56. The molecule has 9 nitrogen and oxygen atoms in total. The third kappa shape index (κ3) is 5.25. The molecule has 41 heavy (non-hydrogen) atoms. The van der Waals surface area contributed by atoms with E-state index >= 15 is 4.39 Å². The van der Waals surface area contributed by atoms with E-state index in [2.05, 4.69) is 9.97 Å². The highest BCUT2D eigenvalue weighted by Crippen LogP contribution is 2.39. The molecule has 1 N–H and O–H groups in total. The van der Waals surface area contributed by atoms with Crippen LogP contribution >= 0.6 is 22.9 Å². The van der Waals surface area contributed by atoms with E-state index in [-0.39, 0.29) is 47.3 Å². The molecule has 2 aromatic carbocycles. The molecule has 0 amide bonds. The van der Waals surface area contributed by atoms with E-state index in [9.17, 15) is 20.0 Å². The first-order valence-corrected chi connectivity index (χ1v) is 13.7. The second-order valence-electron chi connectivity index (χ2n) is 9.56. The third-order valence-electron chi connectivity index (χ3n) is 6.54. The number of thiophene rings is 1. The predicted octanol–water partition coefficient (Wildman–Crippen LogP) is 5.48. The molecule has 0 aliphatic rings. The van der Waals surface area contributed by atoms with Crippen LogP contribution in [0.4, 0.5) is 4.39 Å². The molecule has 0 aliphatic heterocycles. The number of pyridine rings is 1. The Hall–Kier alpha value is -4.37. The molecule has 0 radical (unpaired) electrons. The zero-order valence-electron chi connectivity index (χ0n) is 22.2. The number of carboxylic acid groups (broad SMARTS) is 1. The van der Waals surface area contributed by atoms with Crippen LogP contribution in [0.3, 0.4) is 0 Å².